The standard InChI is InChI=1S/C10H23N3O3S/c1-4-9(11)10(14)12-7-6-8-13(5-2)17(3,15)16/h9H,4-8,11H2,1-3H3,(H,12,14)/t9-/m1/s1. The molecule has 0 radical (unpaired) electrons. The Hall–Kier alpha value is -0.660. The smallest absolute Gasteiger partial charge is 0.236 e. The van der Waals surface area contributed by atoms with Crippen molar-refractivity contribution in [3.63, 3.8) is 0 Å². The van der Waals surface area contributed by atoms with Crippen molar-refractivity contribution in [1.29, 1.82) is 0 Å². The van der Waals surface area contributed by atoms with Gasteiger partial charge in [-0.15, -0.1) is 0 Å². The third-order valence-corrected chi connectivity index (χ3v) is 3.86. The van der Waals surface area contributed by atoms with Crippen molar-refractivity contribution in [2.75, 3.05) is 25.9 Å². The molecule has 0 spiro atoms. The SMILES string of the molecule is CC[C@@H](N)C(=O)NCCCN(CC)S(C)(=O)=O. The molecule has 7 heteroatoms. The molecule has 0 aliphatic carbocycles. The van der Waals surface area contributed by atoms with E-state index in [0.29, 0.717) is 32.5 Å². The minimum atomic E-state index is -3.14. The van der Waals surface area contributed by atoms with E-state index in [1.54, 1.807) is 6.92 Å². The lowest BCUT2D eigenvalue weighted by molar-refractivity contribution is -0.122. The highest BCUT2D eigenvalue weighted by atomic mass is 32.2. The Morgan fingerprint density at radius 1 is 1.41 bits per heavy atom. The van der Waals surface area contributed by atoms with Crippen molar-refractivity contribution in [2.24, 2.45) is 5.73 Å². The molecular formula is C10H23N3O3S. The van der Waals surface area contributed by atoms with Gasteiger partial charge in [0.1, 0.15) is 0 Å². The second-order valence-corrected chi connectivity index (χ2v) is 5.90. The highest BCUT2D eigenvalue weighted by Crippen LogP contribution is 1.98. The van der Waals surface area contributed by atoms with Crippen LogP contribution in [0.4, 0.5) is 0 Å². The van der Waals surface area contributed by atoms with Crippen LogP contribution < -0.4 is 11.1 Å². The van der Waals surface area contributed by atoms with E-state index in [4.69, 9.17) is 5.73 Å². The Bertz CT molecular complexity index is 330. The molecule has 0 aliphatic rings. The first-order valence-corrected chi connectivity index (χ1v) is 7.66. The first-order valence-electron chi connectivity index (χ1n) is 5.81. The fourth-order valence-electron chi connectivity index (χ4n) is 1.34. The first kappa shape index (κ1) is 16.3. The zero-order valence-corrected chi connectivity index (χ0v) is 11.6. The molecule has 0 aromatic heterocycles. The number of sulfonamides is 1. The molecule has 0 saturated heterocycles. The van der Waals surface area contributed by atoms with Crippen LogP contribution in [0.25, 0.3) is 0 Å². The van der Waals surface area contributed by atoms with Gasteiger partial charge in [-0.3, -0.25) is 4.79 Å². The second kappa shape index (κ2) is 7.62. The molecule has 3 N–H and O–H groups in total. The number of nitrogens with zero attached hydrogens (tertiary/aromatic N) is 1. The zero-order valence-electron chi connectivity index (χ0n) is 10.8. The van der Waals surface area contributed by atoms with Crippen LogP contribution in [0.2, 0.25) is 0 Å². The van der Waals surface area contributed by atoms with E-state index < -0.39 is 16.1 Å². The molecule has 0 saturated carbocycles. The predicted molar refractivity (Wildman–Crippen MR) is 68.0 cm³/mol. The molecule has 102 valence electrons. The minimum absolute atomic E-state index is 0.185. The topological polar surface area (TPSA) is 92.5 Å². The molecule has 0 aromatic rings. The lowest BCUT2D eigenvalue weighted by Gasteiger charge is -2.18. The summed E-state index contributed by atoms with van der Waals surface area (Å²) in [5.74, 6) is -0.185. The summed E-state index contributed by atoms with van der Waals surface area (Å²) >= 11 is 0. The Kier molecular flexibility index (Phi) is 7.33. The van der Waals surface area contributed by atoms with Crippen LogP contribution in [0, 0.1) is 0 Å². The number of amides is 1. The van der Waals surface area contributed by atoms with Gasteiger partial charge in [-0.1, -0.05) is 13.8 Å². The van der Waals surface area contributed by atoms with E-state index in [9.17, 15) is 13.2 Å². The highest BCUT2D eigenvalue weighted by Gasteiger charge is 2.14. The van der Waals surface area contributed by atoms with Crippen LogP contribution in [0.1, 0.15) is 26.7 Å². The number of hydrogen-bond acceptors (Lipinski definition) is 4. The largest absolute Gasteiger partial charge is 0.355 e. The molecule has 0 aromatic carbocycles. The summed E-state index contributed by atoms with van der Waals surface area (Å²) in [6.07, 6.45) is 2.36. The van der Waals surface area contributed by atoms with E-state index in [1.807, 2.05) is 6.92 Å². The summed E-state index contributed by atoms with van der Waals surface area (Å²) in [4.78, 5) is 11.3. The van der Waals surface area contributed by atoms with Crippen molar-refractivity contribution in [1.82, 2.24) is 9.62 Å². The first-order chi connectivity index (χ1) is 7.82. The van der Waals surface area contributed by atoms with Gasteiger partial charge in [0.15, 0.2) is 0 Å². The van der Waals surface area contributed by atoms with Gasteiger partial charge in [0.25, 0.3) is 0 Å². The number of carbonyl (C=O) groups is 1. The quantitative estimate of drug-likeness (QED) is 0.579. The van der Waals surface area contributed by atoms with Gasteiger partial charge in [-0.05, 0) is 12.8 Å². The van der Waals surface area contributed by atoms with Gasteiger partial charge in [0, 0.05) is 19.6 Å². The molecule has 0 unspecified atom stereocenters. The van der Waals surface area contributed by atoms with Gasteiger partial charge >= 0.3 is 0 Å². The van der Waals surface area contributed by atoms with E-state index in [2.05, 4.69) is 5.32 Å². The van der Waals surface area contributed by atoms with Crippen LogP contribution in [0.15, 0.2) is 0 Å². The normalized spacial score (nSPS) is 13.7. The third kappa shape index (κ3) is 6.60. The van der Waals surface area contributed by atoms with Crippen LogP contribution in [-0.4, -0.2) is 50.6 Å². The predicted octanol–water partition coefficient (Wildman–Crippen LogP) is -0.488. The summed E-state index contributed by atoms with van der Waals surface area (Å²) in [5.41, 5.74) is 5.54. The third-order valence-electron chi connectivity index (χ3n) is 2.48. The van der Waals surface area contributed by atoms with Crippen LogP contribution in [0.3, 0.4) is 0 Å². The maximum atomic E-state index is 11.3. The molecule has 0 fully saturated rings. The monoisotopic (exact) mass is 265 g/mol. The fourth-order valence-corrected chi connectivity index (χ4v) is 2.27. The Morgan fingerprint density at radius 2 is 2.00 bits per heavy atom. The molecule has 0 bridgehead atoms. The van der Waals surface area contributed by atoms with Crippen molar-refractivity contribution < 1.29 is 13.2 Å². The summed E-state index contributed by atoms with van der Waals surface area (Å²) in [6.45, 7) is 4.93. The molecule has 0 aliphatic heterocycles. The van der Waals surface area contributed by atoms with Crippen molar-refractivity contribution in [3.05, 3.63) is 0 Å². The van der Waals surface area contributed by atoms with E-state index in [-0.39, 0.29) is 5.91 Å². The highest BCUT2D eigenvalue weighted by molar-refractivity contribution is 7.88. The molecular weight excluding hydrogens is 242 g/mol. The summed E-state index contributed by atoms with van der Waals surface area (Å²) < 4.78 is 23.9. The summed E-state index contributed by atoms with van der Waals surface area (Å²) in [6, 6.07) is -0.479. The van der Waals surface area contributed by atoms with Gasteiger partial charge in [0.05, 0.1) is 12.3 Å². The van der Waals surface area contributed by atoms with Crippen molar-refractivity contribution in [3.8, 4) is 0 Å². The fraction of sp³-hybridized carbons (Fsp3) is 0.900. The maximum absolute atomic E-state index is 11.3. The summed E-state index contributed by atoms with van der Waals surface area (Å²) in [5, 5.41) is 2.68. The lowest BCUT2D eigenvalue weighted by atomic mass is 10.2. The van der Waals surface area contributed by atoms with E-state index in [1.165, 1.54) is 10.6 Å². The molecule has 1 atom stereocenters. The number of nitrogens with one attached hydrogen (secondary N) is 1. The van der Waals surface area contributed by atoms with Gasteiger partial charge in [0.2, 0.25) is 15.9 Å². The van der Waals surface area contributed by atoms with E-state index in [0.717, 1.165) is 0 Å². The van der Waals surface area contributed by atoms with Crippen LogP contribution in [-0.2, 0) is 14.8 Å². The van der Waals surface area contributed by atoms with Crippen molar-refractivity contribution >= 4 is 15.9 Å². The molecule has 17 heavy (non-hydrogen) atoms. The summed E-state index contributed by atoms with van der Waals surface area (Å²) in [7, 11) is -3.14. The van der Waals surface area contributed by atoms with Gasteiger partial charge in [-0.2, -0.15) is 0 Å². The maximum Gasteiger partial charge on any atom is 0.236 e. The van der Waals surface area contributed by atoms with Gasteiger partial charge in [-0.25, -0.2) is 12.7 Å². The second-order valence-electron chi connectivity index (χ2n) is 3.91. The lowest BCUT2D eigenvalue weighted by Crippen LogP contribution is -2.41. The molecule has 0 heterocycles. The minimum Gasteiger partial charge on any atom is -0.355 e. The Balaban J connectivity index is 3.89. The average molecular weight is 265 g/mol. The molecule has 1 amide bonds. The molecule has 0 rings (SSSR count). The number of carbonyl (C=O) groups excluding carboxylic acids is 1. The average Bonchev–Trinajstić information content (AvgIpc) is 2.25. The number of rotatable bonds is 8. The molecule has 6 nitrogen and oxygen atoms in total. The number of hydrogen-bond donors (Lipinski definition) is 2. The van der Waals surface area contributed by atoms with Crippen molar-refractivity contribution in [2.45, 2.75) is 32.7 Å². The van der Waals surface area contributed by atoms with E-state index >= 15 is 0 Å². The van der Waals surface area contributed by atoms with Gasteiger partial charge < -0.3 is 11.1 Å². The Morgan fingerprint density at radius 3 is 2.41 bits per heavy atom. The van der Waals surface area contributed by atoms with Crippen LogP contribution in [0.5, 0.6) is 0 Å². The zero-order chi connectivity index (χ0) is 13.5. The Labute approximate surface area is 104 Å². The number of nitrogens with two attached hydrogens (primary N) is 1. The van der Waals surface area contributed by atoms with Crippen LogP contribution >= 0.6 is 0 Å².